The number of nitrogens with one attached hydrogen (secondary N) is 1. The molecule has 0 spiro atoms. The summed E-state index contributed by atoms with van der Waals surface area (Å²) in [6.07, 6.45) is 0. The average Bonchev–Trinajstić information content (AvgIpc) is 2.42. The van der Waals surface area contributed by atoms with Gasteiger partial charge in [0.1, 0.15) is 5.82 Å². The van der Waals surface area contributed by atoms with E-state index in [0.29, 0.717) is 0 Å². The van der Waals surface area contributed by atoms with Crippen molar-refractivity contribution in [3.63, 3.8) is 0 Å². The maximum absolute atomic E-state index is 13.0. The smallest absolute Gasteiger partial charge is 0.312 e. The minimum atomic E-state index is -0.886. The number of anilines is 1. The van der Waals surface area contributed by atoms with Gasteiger partial charge in [-0.15, -0.1) is 0 Å². The van der Waals surface area contributed by atoms with E-state index in [9.17, 15) is 14.3 Å². The molecule has 2 aromatic carbocycles. The Kier molecular flexibility index (Phi) is 4.35. The Balaban J connectivity index is 2.12. The number of aliphatic carboxylic acids is 1. The van der Waals surface area contributed by atoms with E-state index in [1.807, 2.05) is 18.2 Å². The highest BCUT2D eigenvalue weighted by Gasteiger charge is 2.19. The highest BCUT2D eigenvalue weighted by Crippen LogP contribution is 2.20. The molecule has 0 fully saturated rings. The van der Waals surface area contributed by atoms with Gasteiger partial charge in [0.2, 0.25) is 0 Å². The Bertz CT molecular complexity index is 599. The van der Waals surface area contributed by atoms with Crippen molar-refractivity contribution in [2.45, 2.75) is 12.8 Å². The molecule has 1 unspecified atom stereocenters. The number of carboxylic acids is 1. The van der Waals surface area contributed by atoms with Crippen LogP contribution in [0.3, 0.4) is 0 Å². The van der Waals surface area contributed by atoms with Crippen molar-refractivity contribution in [1.82, 2.24) is 0 Å². The fraction of sp³-hybridized carbons (Fsp3) is 0.188. The van der Waals surface area contributed by atoms with E-state index in [4.69, 9.17) is 0 Å². The first-order valence-corrected chi connectivity index (χ1v) is 6.35. The van der Waals surface area contributed by atoms with E-state index in [1.165, 1.54) is 12.1 Å². The number of hydrogen-bond acceptors (Lipinski definition) is 2. The summed E-state index contributed by atoms with van der Waals surface area (Å²) in [5.74, 6) is -1.82. The number of halogens is 1. The highest BCUT2D eigenvalue weighted by atomic mass is 19.1. The topological polar surface area (TPSA) is 49.3 Å². The van der Waals surface area contributed by atoms with Crippen LogP contribution in [-0.4, -0.2) is 17.6 Å². The zero-order valence-electron chi connectivity index (χ0n) is 11.1. The molecule has 0 saturated carbocycles. The first-order valence-electron chi connectivity index (χ1n) is 6.35. The van der Waals surface area contributed by atoms with Gasteiger partial charge in [-0.05, 0) is 36.2 Å². The lowest BCUT2D eigenvalue weighted by Crippen LogP contribution is -2.21. The third kappa shape index (κ3) is 3.35. The summed E-state index contributed by atoms with van der Waals surface area (Å²) in [7, 11) is 0. The highest BCUT2D eigenvalue weighted by molar-refractivity contribution is 5.77. The van der Waals surface area contributed by atoms with Crippen LogP contribution in [0.5, 0.6) is 0 Å². The van der Waals surface area contributed by atoms with Gasteiger partial charge < -0.3 is 10.4 Å². The Morgan fingerprint density at radius 1 is 1.25 bits per heavy atom. The molecule has 0 saturated heterocycles. The molecule has 0 heterocycles. The van der Waals surface area contributed by atoms with E-state index >= 15 is 0 Å². The third-order valence-corrected chi connectivity index (χ3v) is 3.19. The van der Waals surface area contributed by atoms with Crippen LogP contribution in [0.2, 0.25) is 0 Å². The second-order valence-electron chi connectivity index (χ2n) is 4.64. The van der Waals surface area contributed by atoms with Crippen molar-refractivity contribution in [3.05, 3.63) is 65.5 Å². The van der Waals surface area contributed by atoms with E-state index in [2.05, 4.69) is 5.32 Å². The lowest BCUT2D eigenvalue weighted by Gasteiger charge is -2.16. The molecule has 0 radical (unpaired) electrons. The number of hydrogen-bond donors (Lipinski definition) is 2. The van der Waals surface area contributed by atoms with E-state index < -0.39 is 11.9 Å². The maximum Gasteiger partial charge on any atom is 0.312 e. The number of rotatable bonds is 5. The van der Waals surface area contributed by atoms with Crippen LogP contribution in [0.1, 0.15) is 17.0 Å². The Hall–Kier alpha value is -2.36. The van der Waals surface area contributed by atoms with Crippen molar-refractivity contribution in [3.8, 4) is 0 Å². The van der Waals surface area contributed by atoms with Gasteiger partial charge in [0.25, 0.3) is 0 Å². The maximum atomic E-state index is 13.0. The van der Waals surface area contributed by atoms with Gasteiger partial charge in [-0.25, -0.2) is 4.39 Å². The molecule has 2 N–H and O–H groups in total. The normalized spacial score (nSPS) is 11.9. The van der Waals surface area contributed by atoms with E-state index in [0.717, 1.165) is 16.8 Å². The summed E-state index contributed by atoms with van der Waals surface area (Å²) in [5, 5.41) is 12.4. The number of benzene rings is 2. The molecule has 1 atom stereocenters. The number of carboxylic acid groups (broad SMARTS) is 1. The zero-order chi connectivity index (χ0) is 14.5. The van der Waals surface area contributed by atoms with Crippen LogP contribution in [0.25, 0.3) is 0 Å². The van der Waals surface area contributed by atoms with Crippen molar-refractivity contribution in [2.75, 3.05) is 11.9 Å². The molecular weight excluding hydrogens is 257 g/mol. The Labute approximate surface area is 117 Å². The third-order valence-electron chi connectivity index (χ3n) is 3.19. The summed E-state index contributed by atoms with van der Waals surface area (Å²) in [6, 6.07) is 13.4. The van der Waals surface area contributed by atoms with Crippen LogP contribution in [0, 0.1) is 12.7 Å². The number of aryl methyl sites for hydroxylation is 1. The average molecular weight is 273 g/mol. The quantitative estimate of drug-likeness (QED) is 0.877. The zero-order valence-corrected chi connectivity index (χ0v) is 11.1. The summed E-state index contributed by atoms with van der Waals surface area (Å²) in [4.78, 5) is 11.4. The van der Waals surface area contributed by atoms with Gasteiger partial charge in [-0.2, -0.15) is 0 Å². The predicted molar refractivity (Wildman–Crippen MR) is 76.4 cm³/mol. The van der Waals surface area contributed by atoms with Crippen LogP contribution in [0.4, 0.5) is 10.1 Å². The van der Waals surface area contributed by atoms with E-state index in [1.54, 1.807) is 25.1 Å². The largest absolute Gasteiger partial charge is 0.481 e. The van der Waals surface area contributed by atoms with Crippen molar-refractivity contribution in [1.29, 1.82) is 0 Å². The molecule has 0 aliphatic rings. The molecule has 2 aromatic rings. The molecule has 4 heteroatoms. The molecule has 0 aliphatic heterocycles. The molecule has 0 amide bonds. The molecule has 20 heavy (non-hydrogen) atoms. The minimum Gasteiger partial charge on any atom is -0.481 e. The first kappa shape index (κ1) is 14.1. The van der Waals surface area contributed by atoms with Crippen LogP contribution >= 0.6 is 0 Å². The molecular formula is C16H16FNO2. The molecule has 0 aromatic heterocycles. The van der Waals surface area contributed by atoms with Crippen LogP contribution < -0.4 is 5.32 Å². The number of carbonyl (C=O) groups is 1. The second-order valence-corrected chi connectivity index (χ2v) is 4.64. The summed E-state index contributed by atoms with van der Waals surface area (Å²) < 4.78 is 13.0. The lowest BCUT2D eigenvalue weighted by molar-refractivity contribution is -0.138. The van der Waals surface area contributed by atoms with Gasteiger partial charge in [0, 0.05) is 12.2 Å². The van der Waals surface area contributed by atoms with Gasteiger partial charge >= 0.3 is 5.97 Å². The fourth-order valence-corrected chi connectivity index (χ4v) is 2.07. The van der Waals surface area contributed by atoms with Gasteiger partial charge in [-0.1, -0.05) is 30.3 Å². The minimum absolute atomic E-state index is 0.256. The molecule has 2 rings (SSSR count). The van der Waals surface area contributed by atoms with Crippen molar-refractivity contribution >= 4 is 11.7 Å². The molecule has 0 aliphatic carbocycles. The Morgan fingerprint density at radius 3 is 2.55 bits per heavy atom. The summed E-state index contributed by atoms with van der Waals surface area (Å²) in [5.41, 5.74) is 2.24. The first-order chi connectivity index (χ1) is 9.58. The molecule has 0 bridgehead atoms. The van der Waals surface area contributed by atoms with Crippen LogP contribution in [0.15, 0.2) is 48.5 Å². The summed E-state index contributed by atoms with van der Waals surface area (Å²) in [6.45, 7) is 2.04. The predicted octanol–water partition coefficient (Wildman–Crippen LogP) is 3.41. The lowest BCUT2D eigenvalue weighted by atomic mass is 9.99. The second kappa shape index (κ2) is 6.19. The molecule has 3 nitrogen and oxygen atoms in total. The summed E-state index contributed by atoms with van der Waals surface area (Å²) >= 11 is 0. The van der Waals surface area contributed by atoms with Crippen LogP contribution in [-0.2, 0) is 4.79 Å². The van der Waals surface area contributed by atoms with Gasteiger partial charge in [0.05, 0.1) is 5.92 Å². The van der Waals surface area contributed by atoms with Crippen molar-refractivity contribution in [2.24, 2.45) is 0 Å². The SMILES string of the molecule is Cc1cc(F)ccc1NCC(C(=O)O)c1ccccc1. The van der Waals surface area contributed by atoms with Crippen molar-refractivity contribution < 1.29 is 14.3 Å². The van der Waals surface area contributed by atoms with Gasteiger partial charge in [-0.3, -0.25) is 4.79 Å². The Morgan fingerprint density at radius 2 is 1.95 bits per heavy atom. The fourth-order valence-electron chi connectivity index (χ4n) is 2.07. The molecule has 104 valence electrons. The monoisotopic (exact) mass is 273 g/mol. The standard InChI is InChI=1S/C16H16FNO2/c1-11-9-13(17)7-8-15(11)18-10-14(16(19)20)12-5-3-2-4-6-12/h2-9,14,18H,10H2,1H3,(H,19,20). The van der Waals surface area contributed by atoms with Gasteiger partial charge in [0.15, 0.2) is 0 Å². The van der Waals surface area contributed by atoms with E-state index in [-0.39, 0.29) is 12.4 Å².